The summed E-state index contributed by atoms with van der Waals surface area (Å²) in [6.07, 6.45) is 54.8. The van der Waals surface area contributed by atoms with Crippen LogP contribution in [0.4, 0.5) is 0 Å². The van der Waals surface area contributed by atoms with Gasteiger partial charge < -0.3 is 14.2 Å². The molecule has 0 radical (unpaired) electrons. The summed E-state index contributed by atoms with van der Waals surface area (Å²) >= 11 is 0. The van der Waals surface area contributed by atoms with Gasteiger partial charge in [-0.3, -0.25) is 14.4 Å². The summed E-state index contributed by atoms with van der Waals surface area (Å²) < 4.78 is 16.8. The van der Waals surface area contributed by atoms with E-state index in [1.165, 1.54) is 193 Å². The Morgan fingerprint density at radius 1 is 0.317 bits per heavy atom. The Morgan fingerprint density at radius 3 is 0.833 bits per heavy atom. The average Bonchev–Trinajstić information content (AvgIpc) is 3.24. The number of carbonyl (C=O) groups excluding carboxylic acids is 3. The Kier molecular flexibility index (Phi) is 48.3. The van der Waals surface area contributed by atoms with Crippen molar-refractivity contribution in [3.8, 4) is 0 Å². The van der Waals surface area contributed by atoms with Gasteiger partial charge in [0.05, 0.1) is 0 Å². The van der Waals surface area contributed by atoms with Crippen molar-refractivity contribution >= 4 is 17.9 Å². The zero-order valence-corrected chi connectivity index (χ0v) is 40.5. The maximum absolute atomic E-state index is 12.8. The number of hydrogen-bond donors (Lipinski definition) is 0. The van der Waals surface area contributed by atoms with E-state index in [-0.39, 0.29) is 31.1 Å². The molecule has 0 N–H and O–H groups in total. The molecule has 0 fully saturated rings. The molecule has 0 aliphatic heterocycles. The summed E-state index contributed by atoms with van der Waals surface area (Å²) in [4.78, 5) is 38.0. The van der Waals surface area contributed by atoms with Gasteiger partial charge in [0.2, 0.25) is 0 Å². The van der Waals surface area contributed by atoms with E-state index in [9.17, 15) is 14.4 Å². The Bertz CT molecular complexity index is 931. The third-order valence-corrected chi connectivity index (χ3v) is 12.0. The van der Waals surface area contributed by atoms with Gasteiger partial charge in [-0.05, 0) is 44.9 Å². The second kappa shape index (κ2) is 49.8. The molecule has 60 heavy (non-hydrogen) atoms. The molecule has 6 nitrogen and oxygen atoms in total. The lowest BCUT2D eigenvalue weighted by Gasteiger charge is -2.18. The van der Waals surface area contributed by atoms with E-state index in [2.05, 4.69) is 32.9 Å². The zero-order chi connectivity index (χ0) is 43.7. The molecule has 354 valence electrons. The summed E-state index contributed by atoms with van der Waals surface area (Å²) in [6, 6.07) is 0. The van der Waals surface area contributed by atoms with Crippen LogP contribution in [-0.2, 0) is 28.6 Å². The number of hydrogen-bond acceptors (Lipinski definition) is 6. The molecule has 0 aromatic rings. The van der Waals surface area contributed by atoms with Crippen molar-refractivity contribution in [2.45, 2.75) is 303 Å². The number of ether oxygens (including phenoxy) is 3. The Morgan fingerprint density at radius 2 is 0.550 bits per heavy atom. The highest BCUT2D eigenvalue weighted by Crippen LogP contribution is 2.16. The van der Waals surface area contributed by atoms with E-state index in [0.29, 0.717) is 19.3 Å². The number of unbranched alkanes of at least 4 members (excludes halogenated alkanes) is 36. The molecule has 0 rings (SSSR count). The van der Waals surface area contributed by atoms with Crippen molar-refractivity contribution in [3.63, 3.8) is 0 Å². The topological polar surface area (TPSA) is 78.9 Å². The summed E-state index contributed by atoms with van der Waals surface area (Å²) in [5.41, 5.74) is 0. The normalized spacial score (nSPS) is 12.0. The van der Waals surface area contributed by atoms with Crippen molar-refractivity contribution < 1.29 is 28.6 Å². The van der Waals surface area contributed by atoms with Gasteiger partial charge in [0.25, 0.3) is 0 Å². The summed E-state index contributed by atoms with van der Waals surface area (Å²) in [7, 11) is 0. The Labute approximate surface area is 373 Å². The lowest BCUT2D eigenvalue weighted by molar-refractivity contribution is -0.167. The van der Waals surface area contributed by atoms with Gasteiger partial charge in [0.15, 0.2) is 6.10 Å². The van der Waals surface area contributed by atoms with Crippen LogP contribution >= 0.6 is 0 Å². The van der Waals surface area contributed by atoms with Gasteiger partial charge in [0.1, 0.15) is 13.2 Å². The zero-order valence-electron chi connectivity index (χ0n) is 40.5. The van der Waals surface area contributed by atoms with Gasteiger partial charge in [-0.2, -0.15) is 0 Å². The molecule has 0 bridgehead atoms. The molecular weight excluding hydrogens is 745 g/mol. The average molecular weight is 847 g/mol. The molecule has 0 aromatic carbocycles. The van der Waals surface area contributed by atoms with Crippen molar-refractivity contribution in [2.24, 2.45) is 0 Å². The minimum absolute atomic E-state index is 0.0672. The molecule has 0 amide bonds. The van der Waals surface area contributed by atoms with Crippen LogP contribution in [-0.4, -0.2) is 37.2 Å². The number of rotatable bonds is 49. The monoisotopic (exact) mass is 847 g/mol. The van der Waals surface area contributed by atoms with Gasteiger partial charge in [0, 0.05) is 19.3 Å². The van der Waals surface area contributed by atoms with Crippen molar-refractivity contribution in [1.29, 1.82) is 0 Å². The molecule has 0 spiro atoms. The minimum atomic E-state index is -0.766. The van der Waals surface area contributed by atoms with Crippen LogP contribution < -0.4 is 0 Å². The van der Waals surface area contributed by atoms with Crippen LogP contribution in [0.1, 0.15) is 297 Å². The van der Waals surface area contributed by atoms with Crippen LogP contribution in [0.5, 0.6) is 0 Å². The third kappa shape index (κ3) is 47.2. The van der Waals surface area contributed by atoms with Crippen molar-refractivity contribution in [1.82, 2.24) is 0 Å². The predicted octanol–water partition coefficient (Wildman–Crippen LogP) is 17.4. The first-order valence-corrected chi connectivity index (χ1v) is 26.7. The molecule has 0 heterocycles. The molecule has 0 saturated carbocycles. The van der Waals surface area contributed by atoms with Gasteiger partial charge >= 0.3 is 17.9 Å². The molecule has 1 unspecified atom stereocenters. The van der Waals surface area contributed by atoms with E-state index < -0.39 is 6.10 Å². The first kappa shape index (κ1) is 58.1. The van der Waals surface area contributed by atoms with Crippen LogP contribution in [0.25, 0.3) is 0 Å². The Balaban J connectivity index is 4.32. The van der Waals surface area contributed by atoms with Crippen LogP contribution in [0.2, 0.25) is 0 Å². The van der Waals surface area contributed by atoms with E-state index >= 15 is 0 Å². The lowest BCUT2D eigenvalue weighted by atomic mass is 10.0. The maximum Gasteiger partial charge on any atom is 0.306 e. The Hall–Kier alpha value is -1.85. The highest BCUT2D eigenvalue weighted by Gasteiger charge is 2.19. The molecule has 0 aliphatic rings. The quantitative estimate of drug-likeness (QED) is 0.0263. The van der Waals surface area contributed by atoms with Gasteiger partial charge in [-0.1, -0.05) is 245 Å². The van der Waals surface area contributed by atoms with Crippen molar-refractivity contribution in [3.05, 3.63) is 12.2 Å². The van der Waals surface area contributed by atoms with Gasteiger partial charge in [-0.25, -0.2) is 0 Å². The molecule has 0 saturated heterocycles. The van der Waals surface area contributed by atoms with E-state index in [0.717, 1.165) is 64.2 Å². The molecule has 6 heteroatoms. The van der Waals surface area contributed by atoms with Crippen LogP contribution in [0, 0.1) is 0 Å². The summed E-state index contributed by atoms with van der Waals surface area (Å²) in [5.74, 6) is -0.858. The number of carbonyl (C=O) groups is 3. The van der Waals surface area contributed by atoms with Crippen LogP contribution in [0.15, 0.2) is 12.2 Å². The summed E-state index contributed by atoms with van der Waals surface area (Å²) in [6.45, 7) is 6.66. The number of esters is 3. The van der Waals surface area contributed by atoms with E-state index in [4.69, 9.17) is 14.2 Å². The SMILES string of the molecule is CCCCCCCCC/C=C\CCCCCCCC(=O)OCC(COC(=O)CCCCCCCCCCCCC)OC(=O)CCCCCCCCCCCCCCCCC. The second-order valence-electron chi connectivity index (χ2n) is 18.2. The first-order chi connectivity index (χ1) is 29.5. The molecule has 1 atom stereocenters. The fourth-order valence-electron chi connectivity index (χ4n) is 7.97. The smallest absolute Gasteiger partial charge is 0.306 e. The maximum atomic E-state index is 12.8. The van der Waals surface area contributed by atoms with E-state index in [1.807, 2.05) is 0 Å². The van der Waals surface area contributed by atoms with Crippen LogP contribution in [0.3, 0.4) is 0 Å². The fourth-order valence-corrected chi connectivity index (χ4v) is 7.97. The molecule has 0 aromatic heterocycles. The third-order valence-electron chi connectivity index (χ3n) is 12.0. The molecule has 0 aliphatic carbocycles. The van der Waals surface area contributed by atoms with Gasteiger partial charge in [-0.15, -0.1) is 0 Å². The first-order valence-electron chi connectivity index (χ1n) is 26.7. The fraction of sp³-hybridized carbons (Fsp3) is 0.907. The second-order valence-corrected chi connectivity index (χ2v) is 18.2. The minimum Gasteiger partial charge on any atom is -0.462 e. The lowest BCUT2D eigenvalue weighted by Crippen LogP contribution is -2.30. The summed E-state index contributed by atoms with van der Waals surface area (Å²) in [5, 5.41) is 0. The van der Waals surface area contributed by atoms with E-state index in [1.54, 1.807) is 0 Å². The predicted molar refractivity (Wildman–Crippen MR) is 256 cm³/mol. The number of allylic oxidation sites excluding steroid dienone is 2. The molecular formula is C54H102O6. The largest absolute Gasteiger partial charge is 0.462 e. The highest BCUT2D eigenvalue weighted by atomic mass is 16.6. The van der Waals surface area contributed by atoms with Crippen molar-refractivity contribution in [2.75, 3.05) is 13.2 Å². The standard InChI is InChI=1S/C54H102O6/c1-4-7-10-13-16-19-22-24-26-28-29-32-35-38-41-44-47-53(56)59-50-51(49-58-52(55)46-43-40-37-34-31-21-18-15-12-9-6-3)60-54(57)48-45-42-39-36-33-30-27-25-23-20-17-14-11-8-5-2/h26,28,51H,4-25,27,29-50H2,1-3H3/b28-26-. The highest BCUT2D eigenvalue weighted by molar-refractivity contribution is 5.71.